The number of hydrogen-bond acceptors (Lipinski definition) is 5. The fourth-order valence-electron chi connectivity index (χ4n) is 3.44. The highest BCUT2D eigenvalue weighted by atomic mass is 32.2. The Hall–Kier alpha value is -1.75. The number of nitrogens with one attached hydrogen (secondary N) is 1. The van der Waals surface area contributed by atoms with Gasteiger partial charge in [0.15, 0.2) is 15.0 Å². The number of benzene rings is 1. The maximum Gasteiger partial charge on any atom is 0.416 e. The average molecular weight is 450 g/mol. The summed E-state index contributed by atoms with van der Waals surface area (Å²) in [6.45, 7) is 4.07. The van der Waals surface area contributed by atoms with E-state index in [0.29, 0.717) is 35.6 Å². The number of rotatable bonds is 6. The lowest BCUT2D eigenvalue weighted by molar-refractivity contribution is -0.137. The molecule has 0 saturated carbocycles. The molecule has 1 atom stereocenters. The van der Waals surface area contributed by atoms with Gasteiger partial charge in [0.25, 0.3) is 0 Å². The molecule has 1 N–H and O–H groups in total. The molecule has 11 heteroatoms. The van der Waals surface area contributed by atoms with Gasteiger partial charge in [-0.05, 0) is 38.0 Å². The molecule has 6 nitrogen and oxygen atoms in total. The van der Waals surface area contributed by atoms with E-state index in [4.69, 9.17) is 0 Å². The molecule has 3 rings (SSSR count). The van der Waals surface area contributed by atoms with Crippen molar-refractivity contribution < 1.29 is 26.4 Å². The minimum absolute atomic E-state index is 0.00516. The van der Waals surface area contributed by atoms with Crippen LogP contribution in [0.1, 0.15) is 32.3 Å². The van der Waals surface area contributed by atoms with Crippen molar-refractivity contribution in [2.45, 2.75) is 50.1 Å². The molecule has 1 amide bonds. The quantitative estimate of drug-likeness (QED) is 0.685. The lowest BCUT2D eigenvalue weighted by Gasteiger charge is -2.23. The van der Waals surface area contributed by atoms with Crippen LogP contribution < -0.4 is 5.32 Å². The highest BCUT2D eigenvalue weighted by Gasteiger charge is 2.39. The van der Waals surface area contributed by atoms with Crippen molar-refractivity contribution in [2.75, 3.05) is 17.3 Å². The van der Waals surface area contributed by atoms with Crippen LogP contribution in [0.4, 0.5) is 13.2 Å². The zero-order chi connectivity index (χ0) is 21.4. The third kappa shape index (κ3) is 5.06. The Morgan fingerprint density at radius 1 is 1.38 bits per heavy atom. The number of imidazole rings is 1. The second-order valence-corrected chi connectivity index (χ2v) is 10.6. The number of aryl methyl sites for hydroxylation is 1. The second-order valence-electron chi connectivity index (χ2n) is 7.49. The number of amides is 1. The summed E-state index contributed by atoms with van der Waals surface area (Å²) in [5.74, 6) is -0.384. The van der Waals surface area contributed by atoms with Gasteiger partial charge in [-0.1, -0.05) is 18.7 Å². The number of hydrogen-bond donors (Lipinski definition) is 1. The van der Waals surface area contributed by atoms with Gasteiger partial charge in [-0.15, -0.1) is 0 Å². The number of carbonyl (C=O) groups excluding carboxylic acids is 1. The second kappa shape index (κ2) is 7.82. The van der Waals surface area contributed by atoms with Gasteiger partial charge in [-0.3, -0.25) is 4.79 Å². The van der Waals surface area contributed by atoms with Crippen molar-refractivity contribution in [3.05, 3.63) is 23.8 Å². The van der Waals surface area contributed by atoms with Crippen LogP contribution in [0, 0.1) is 0 Å². The van der Waals surface area contributed by atoms with Gasteiger partial charge in [-0.25, -0.2) is 13.4 Å². The molecule has 1 fully saturated rings. The van der Waals surface area contributed by atoms with Gasteiger partial charge in [0, 0.05) is 6.54 Å². The number of carbonyl (C=O) groups is 1. The molecule has 1 aromatic heterocycles. The Balaban J connectivity index is 1.77. The van der Waals surface area contributed by atoms with Crippen molar-refractivity contribution >= 4 is 38.5 Å². The maximum atomic E-state index is 13.0. The van der Waals surface area contributed by atoms with E-state index in [1.165, 1.54) is 6.07 Å². The van der Waals surface area contributed by atoms with Gasteiger partial charge in [0.05, 0.1) is 39.4 Å². The SMILES string of the molecule is CCCn1c(SCC(=O)N[C@]2(C)CCS(=O)(=O)C2)nc2ccc(C(F)(F)F)cc21. The highest BCUT2D eigenvalue weighted by Crippen LogP contribution is 2.33. The van der Waals surface area contributed by atoms with E-state index in [9.17, 15) is 26.4 Å². The smallest absolute Gasteiger partial charge is 0.349 e. The third-order valence-corrected chi connectivity index (χ3v) is 7.64. The molecular formula is C18H22F3N3O3S2. The topological polar surface area (TPSA) is 81.1 Å². The van der Waals surface area contributed by atoms with E-state index in [2.05, 4.69) is 10.3 Å². The molecule has 0 bridgehead atoms. The number of halogens is 3. The zero-order valence-electron chi connectivity index (χ0n) is 16.0. The number of sulfone groups is 1. The summed E-state index contributed by atoms with van der Waals surface area (Å²) in [4.78, 5) is 16.7. The molecule has 0 aliphatic carbocycles. The fraction of sp³-hybridized carbons (Fsp3) is 0.556. The van der Waals surface area contributed by atoms with Gasteiger partial charge in [0.1, 0.15) is 0 Å². The first kappa shape index (κ1) is 21.9. The number of alkyl halides is 3. The molecule has 2 heterocycles. The highest BCUT2D eigenvalue weighted by molar-refractivity contribution is 7.99. The van der Waals surface area contributed by atoms with Gasteiger partial charge in [-0.2, -0.15) is 13.2 Å². The predicted octanol–water partition coefficient (Wildman–Crippen LogP) is 3.25. The number of thioether (sulfide) groups is 1. The first-order chi connectivity index (χ1) is 13.4. The van der Waals surface area contributed by atoms with Crippen LogP contribution in [0.3, 0.4) is 0 Å². The normalized spacial score (nSPS) is 21.6. The molecule has 1 aliphatic heterocycles. The summed E-state index contributed by atoms with van der Waals surface area (Å²) >= 11 is 1.13. The minimum Gasteiger partial charge on any atom is -0.349 e. The van der Waals surface area contributed by atoms with Crippen LogP contribution >= 0.6 is 11.8 Å². The average Bonchev–Trinajstić information content (AvgIpc) is 3.08. The molecule has 29 heavy (non-hydrogen) atoms. The maximum absolute atomic E-state index is 13.0. The number of nitrogens with zero attached hydrogens (tertiary/aromatic N) is 2. The molecule has 160 valence electrons. The van der Waals surface area contributed by atoms with Gasteiger partial charge >= 0.3 is 6.18 Å². The summed E-state index contributed by atoms with van der Waals surface area (Å²) in [5, 5.41) is 3.23. The van der Waals surface area contributed by atoms with Gasteiger partial charge < -0.3 is 9.88 Å². The zero-order valence-corrected chi connectivity index (χ0v) is 17.7. The van der Waals surface area contributed by atoms with Crippen molar-refractivity contribution in [2.24, 2.45) is 0 Å². The Morgan fingerprint density at radius 3 is 2.69 bits per heavy atom. The van der Waals surface area contributed by atoms with E-state index < -0.39 is 27.1 Å². The van der Waals surface area contributed by atoms with Gasteiger partial charge in [0.2, 0.25) is 5.91 Å². The van der Waals surface area contributed by atoms with Crippen molar-refractivity contribution in [1.29, 1.82) is 0 Å². The molecule has 1 saturated heterocycles. The summed E-state index contributed by atoms with van der Waals surface area (Å²) < 4.78 is 64.2. The Labute approximate surface area is 171 Å². The predicted molar refractivity (Wildman–Crippen MR) is 106 cm³/mol. The lowest BCUT2D eigenvalue weighted by atomic mass is 10.0. The molecule has 0 unspecified atom stereocenters. The molecule has 0 radical (unpaired) electrons. The number of aromatic nitrogens is 2. The summed E-state index contributed by atoms with van der Waals surface area (Å²) in [6.07, 6.45) is -3.39. The molecule has 1 aliphatic rings. The minimum atomic E-state index is -4.44. The molecule has 1 aromatic carbocycles. The summed E-state index contributed by atoms with van der Waals surface area (Å²) in [7, 11) is -3.14. The van der Waals surface area contributed by atoms with Crippen LogP contribution in [0.25, 0.3) is 11.0 Å². The van der Waals surface area contributed by atoms with Crippen molar-refractivity contribution in [1.82, 2.24) is 14.9 Å². The van der Waals surface area contributed by atoms with E-state index >= 15 is 0 Å². The van der Waals surface area contributed by atoms with E-state index in [1.807, 2.05) is 6.92 Å². The standard InChI is InChI=1S/C18H22F3N3O3S2/c1-3-7-24-14-9-12(18(19,20)21)4-5-13(14)22-16(24)28-10-15(25)23-17(2)6-8-29(26,27)11-17/h4-5,9H,3,6-8,10-11H2,1-2H3,(H,23,25)/t17-/m1/s1. The van der Waals surface area contributed by atoms with Crippen molar-refractivity contribution in [3.63, 3.8) is 0 Å². The first-order valence-electron chi connectivity index (χ1n) is 9.14. The first-order valence-corrected chi connectivity index (χ1v) is 11.9. The Kier molecular flexibility index (Phi) is 5.92. The fourth-order valence-corrected chi connectivity index (χ4v) is 6.37. The molecule has 2 aromatic rings. The number of fused-ring (bicyclic) bond motifs is 1. The van der Waals surface area contributed by atoms with E-state index in [0.717, 1.165) is 23.9 Å². The Bertz CT molecular complexity index is 1030. The molecule has 0 spiro atoms. The van der Waals surface area contributed by atoms with Crippen LogP contribution in [0.15, 0.2) is 23.4 Å². The monoisotopic (exact) mass is 449 g/mol. The molecular weight excluding hydrogens is 427 g/mol. The summed E-state index contributed by atoms with van der Waals surface area (Å²) in [6, 6.07) is 3.40. The largest absolute Gasteiger partial charge is 0.416 e. The van der Waals surface area contributed by atoms with Crippen molar-refractivity contribution in [3.8, 4) is 0 Å². The lowest BCUT2D eigenvalue weighted by Crippen LogP contribution is -2.47. The van der Waals surface area contributed by atoms with E-state index in [-0.39, 0.29) is 23.2 Å². The van der Waals surface area contributed by atoms with Crippen LogP contribution in [0.2, 0.25) is 0 Å². The summed E-state index contributed by atoms with van der Waals surface area (Å²) in [5.41, 5.74) is -0.727. The third-order valence-electron chi connectivity index (χ3n) is 4.76. The van der Waals surface area contributed by atoms with Crippen LogP contribution in [-0.2, 0) is 27.4 Å². The van der Waals surface area contributed by atoms with E-state index in [1.54, 1.807) is 11.5 Å². The van der Waals surface area contributed by atoms with Crippen LogP contribution in [-0.4, -0.2) is 46.7 Å². The van der Waals surface area contributed by atoms with Crippen LogP contribution in [0.5, 0.6) is 0 Å². The Morgan fingerprint density at radius 2 is 2.10 bits per heavy atom.